The van der Waals surface area contributed by atoms with Gasteiger partial charge in [0.1, 0.15) is 28.4 Å². The van der Waals surface area contributed by atoms with E-state index in [1.807, 2.05) is 16.6 Å². The van der Waals surface area contributed by atoms with Crippen molar-refractivity contribution in [3.05, 3.63) is 42.9 Å². The van der Waals surface area contributed by atoms with E-state index >= 15 is 0 Å². The number of aromatic nitrogens is 4. The number of methoxy groups -OCH3 is 2. The molecule has 0 aliphatic carbocycles. The first-order valence-electron chi connectivity index (χ1n) is 10.1. The number of fused-ring (bicyclic) bond motifs is 2. The fourth-order valence-corrected chi connectivity index (χ4v) is 5.29. The van der Waals surface area contributed by atoms with Gasteiger partial charge in [0.25, 0.3) is 0 Å². The van der Waals surface area contributed by atoms with Gasteiger partial charge in [0.15, 0.2) is 5.82 Å². The molecule has 4 heterocycles. The Balaban J connectivity index is 1.66. The van der Waals surface area contributed by atoms with E-state index in [1.54, 1.807) is 19.1 Å². The number of nitrogens with zero attached hydrogens (tertiary/aromatic N) is 5. The minimum absolute atomic E-state index is 0.0602. The van der Waals surface area contributed by atoms with Crippen molar-refractivity contribution in [3.63, 3.8) is 0 Å². The monoisotopic (exact) mass is 450 g/mol. The van der Waals surface area contributed by atoms with Crippen molar-refractivity contribution in [2.24, 2.45) is 0 Å². The number of hydrogen-bond donors (Lipinski definition) is 1. The molecule has 32 heavy (non-hydrogen) atoms. The lowest BCUT2D eigenvalue weighted by molar-refractivity contribution is -0.125. The van der Waals surface area contributed by atoms with E-state index in [0.29, 0.717) is 35.9 Å². The van der Waals surface area contributed by atoms with Crippen LogP contribution in [0.15, 0.2) is 37.2 Å². The quantitative estimate of drug-likeness (QED) is 0.466. The zero-order valence-electron chi connectivity index (χ0n) is 17.7. The molecule has 1 fully saturated rings. The van der Waals surface area contributed by atoms with Crippen molar-refractivity contribution in [3.8, 4) is 22.1 Å². The maximum absolute atomic E-state index is 12.1. The van der Waals surface area contributed by atoms with Crippen molar-refractivity contribution in [1.29, 1.82) is 0 Å². The number of likely N-dealkylation sites (tertiary alicyclic amines) is 1. The Bertz CT molecular complexity index is 1360. The van der Waals surface area contributed by atoms with Crippen molar-refractivity contribution in [1.82, 2.24) is 24.5 Å². The van der Waals surface area contributed by atoms with E-state index in [-0.39, 0.29) is 11.8 Å². The van der Waals surface area contributed by atoms with Crippen molar-refractivity contribution >= 4 is 38.8 Å². The summed E-state index contributed by atoms with van der Waals surface area (Å²) in [5.74, 6) is 1.82. The summed E-state index contributed by atoms with van der Waals surface area (Å²) < 4.78 is 13.7. The van der Waals surface area contributed by atoms with Crippen LogP contribution in [-0.4, -0.2) is 57.7 Å². The van der Waals surface area contributed by atoms with Gasteiger partial charge in [-0.05, 0) is 18.6 Å². The Morgan fingerprint density at radius 3 is 2.91 bits per heavy atom. The number of rotatable bonds is 5. The van der Waals surface area contributed by atoms with E-state index in [9.17, 15) is 4.79 Å². The summed E-state index contributed by atoms with van der Waals surface area (Å²) in [6, 6.07) is 5.79. The topological polar surface area (TPSA) is 108 Å². The highest BCUT2D eigenvalue weighted by Crippen LogP contribution is 2.42. The largest absolute Gasteiger partial charge is 0.497 e. The fraction of sp³-hybridized carbons (Fsp3) is 0.273. The van der Waals surface area contributed by atoms with Crippen LogP contribution in [0.5, 0.6) is 11.5 Å². The highest BCUT2D eigenvalue weighted by Gasteiger charge is 2.30. The molecule has 1 aromatic carbocycles. The van der Waals surface area contributed by atoms with Crippen molar-refractivity contribution < 1.29 is 14.3 Å². The summed E-state index contributed by atoms with van der Waals surface area (Å²) in [5.41, 5.74) is 9.60. The van der Waals surface area contributed by atoms with Crippen LogP contribution in [0.3, 0.4) is 0 Å². The van der Waals surface area contributed by atoms with Gasteiger partial charge in [0.2, 0.25) is 5.91 Å². The van der Waals surface area contributed by atoms with Crippen molar-refractivity contribution in [2.45, 2.75) is 12.3 Å². The summed E-state index contributed by atoms with van der Waals surface area (Å²) in [6.45, 7) is 4.88. The molecule has 1 amide bonds. The lowest BCUT2D eigenvalue weighted by Gasteiger charge is -2.14. The highest BCUT2D eigenvalue weighted by molar-refractivity contribution is 7.22. The summed E-state index contributed by atoms with van der Waals surface area (Å²) in [6.07, 6.45) is 3.64. The Morgan fingerprint density at radius 2 is 2.16 bits per heavy atom. The number of anilines is 1. The average Bonchev–Trinajstić information content (AvgIpc) is 3.54. The summed E-state index contributed by atoms with van der Waals surface area (Å²) in [5, 5.41) is 5.26. The van der Waals surface area contributed by atoms with Crippen LogP contribution in [0, 0.1) is 0 Å². The molecule has 2 N–H and O–H groups in total. The van der Waals surface area contributed by atoms with Gasteiger partial charge in [0, 0.05) is 42.4 Å². The fourth-order valence-electron chi connectivity index (χ4n) is 4.24. The maximum atomic E-state index is 12.1. The number of thiazole rings is 1. The number of hydrogen-bond acceptors (Lipinski definition) is 8. The van der Waals surface area contributed by atoms with Crippen LogP contribution < -0.4 is 15.2 Å². The molecule has 9 nitrogen and oxygen atoms in total. The Hall–Kier alpha value is -3.66. The lowest BCUT2D eigenvalue weighted by Crippen LogP contribution is -2.26. The maximum Gasteiger partial charge on any atom is 0.245 e. The Kier molecular flexibility index (Phi) is 4.93. The van der Waals surface area contributed by atoms with Gasteiger partial charge >= 0.3 is 0 Å². The van der Waals surface area contributed by atoms with Crippen LogP contribution in [0.4, 0.5) is 5.82 Å². The van der Waals surface area contributed by atoms with Gasteiger partial charge in [-0.1, -0.05) is 6.58 Å². The van der Waals surface area contributed by atoms with Gasteiger partial charge in [-0.2, -0.15) is 5.10 Å². The normalized spacial score (nSPS) is 16.1. The number of nitrogens with two attached hydrogens (primary N) is 1. The van der Waals surface area contributed by atoms with E-state index in [2.05, 4.69) is 22.7 Å². The number of ether oxygens (including phenoxy) is 2. The summed E-state index contributed by atoms with van der Waals surface area (Å²) in [4.78, 5) is 22.9. The SMILES string of the molecule is C=CC(=O)N1CC[C@H](c2cc(-c3nc4cc(OC)cc(OC)c4s3)c3c(N)ncnn23)C1. The third-order valence-corrected chi connectivity index (χ3v) is 6.94. The number of amides is 1. The first-order chi connectivity index (χ1) is 15.5. The third-order valence-electron chi connectivity index (χ3n) is 5.82. The first kappa shape index (κ1) is 20.3. The molecule has 0 unspecified atom stereocenters. The van der Waals surface area contributed by atoms with Gasteiger partial charge in [-0.3, -0.25) is 4.79 Å². The van der Waals surface area contributed by atoms with Crippen LogP contribution in [0.1, 0.15) is 18.0 Å². The zero-order chi connectivity index (χ0) is 22.4. The number of benzene rings is 1. The molecule has 1 atom stereocenters. The first-order valence-corrected chi connectivity index (χ1v) is 10.9. The molecule has 5 rings (SSSR count). The second kappa shape index (κ2) is 7.79. The summed E-state index contributed by atoms with van der Waals surface area (Å²) in [7, 11) is 3.24. The number of carbonyl (C=O) groups is 1. The molecule has 1 saturated heterocycles. The molecule has 164 valence electrons. The molecule has 4 aromatic rings. The Labute approximate surface area is 188 Å². The molecule has 0 radical (unpaired) electrons. The smallest absolute Gasteiger partial charge is 0.245 e. The predicted molar refractivity (Wildman–Crippen MR) is 123 cm³/mol. The molecule has 1 aliphatic heterocycles. The van der Waals surface area contributed by atoms with Crippen LogP contribution >= 0.6 is 11.3 Å². The van der Waals surface area contributed by atoms with Crippen molar-refractivity contribution in [2.75, 3.05) is 33.0 Å². The Morgan fingerprint density at radius 1 is 1.31 bits per heavy atom. The molecule has 3 aromatic heterocycles. The minimum atomic E-state index is -0.0602. The molecule has 0 spiro atoms. The predicted octanol–water partition coefficient (Wildman–Crippen LogP) is 3.11. The van der Waals surface area contributed by atoms with Gasteiger partial charge in [-0.15, -0.1) is 11.3 Å². The average molecular weight is 451 g/mol. The minimum Gasteiger partial charge on any atom is -0.497 e. The highest BCUT2D eigenvalue weighted by atomic mass is 32.1. The molecule has 0 bridgehead atoms. The molecular weight excluding hydrogens is 428 g/mol. The van der Waals surface area contributed by atoms with E-state index in [0.717, 1.165) is 32.9 Å². The molecule has 0 saturated carbocycles. The standard InChI is InChI=1S/C22H22N6O3S/c1-4-18(29)27-6-5-12(10-27)16-9-14(19-21(23)24-11-25-28(16)19)22-26-15-7-13(30-2)8-17(31-3)20(15)32-22/h4,7-9,11-12H,1,5-6,10H2,2-3H3,(H2,23,24,25)/t12-/m0/s1. The van der Waals surface area contributed by atoms with Gasteiger partial charge in [-0.25, -0.2) is 14.5 Å². The molecular formula is C22H22N6O3S. The molecule has 1 aliphatic rings. The van der Waals surface area contributed by atoms with E-state index < -0.39 is 0 Å². The third kappa shape index (κ3) is 3.14. The zero-order valence-corrected chi connectivity index (χ0v) is 18.6. The number of carbonyl (C=O) groups excluding carboxylic acids is 1. The van der Waals surface area contributed by atoms with Crippen LogP contribution in [0.2, 0.25) is 0 Å². The van der Waals surface area contributed by atoms with Gasteiger partial charge < -0.3 is 20.1 Å². The second-order valence-electron chi connectivity index (χ2n) is 7.56. The van der Waals surface area contributed by atoms with E-state index in [1.165, 1.54) is 23.7 Å². The van der Waals surface area contributed by atoms with E-state index in [4.69, 9.17) is 20.2 Å². The van der Waals surface area contributed by atoms with Crippen LogP contribution in [-0.2, 0) is 4.79 Å². The van der Waals surface area contributed by atoms with Crippen LogP contribution in [0.25, 0.3) is 26.3 Å². The summed E-state index contributed by atoms with van der Waals surface area (Å²) >= 11 is 1.52. The number of nitrogen functional groups attached to an aromatic ring is 1. The molecule has 10 heteroatoms. The van der Waals surface area contributed by atoms with Gasteiger partial charge in [0.05, 0.1) is 24.4 Å². The second-order valence-corrected chi connectivity index (χ2v) is 8.56. The lowest BCUT2D eigenvalue weighted by atomic mass is 10.0.